The lowest BCUT2D eigenvalue weighted by Crippen LogP contribution is -2.37. The molecular weight excluding hydrogens is 424 g/mol. The molecule has 2 aliphatic heterocycles. The van der Waals surface area contributed by atoms with Crippen LogP contribution in [0.25, 0.3) is 0 Å². The van der Waals surface area contributed by atoms with Gasteiger partial charge in [0.25, 0.3) is 5.91 Å². The van der Waals surface area contributed by atoms with Crippen LogP contribution in [0.3, 0.4) is 0 Å². The van der Waals surface area contributed by atoms with Gasteiger partial charge in [0.1, 0.15) is 0 Å². The minimum absolute atomic E-state index is 0.0179. The monoisotopic (exact) mass is 470 g/mol. The summed E-state index contributed by atoms with van der Waals surface area (Å²) in [7, 11) is 0. The van der Waals surface area contributed by atoms with E-state index in [1.807, 2.05) is 23.1 Å². The number of nitrogens with one attached hydrogen (secondary N) is 1. The summed E-state index contributed by atoms with van der Waals surface area (Å²) in [5.74, 6) is 0.629. The third-order valence-electron chi connectivity index (χ3n) is 7.05. The highest BCUT2D eigenvalue weighted by atomic mass is 16.2. The van der Waals surface area contributed by atoms with E-state index >= 15 is 0 Å². The van der Waals surface area contributed by atoms with Crippen LogP contribution in [-0.4, -0.2) is 67.4 Å². The molecule has 0 radical (unpaired) electrons. The maximum Gasteiger partial charge on any atom is 0.251 e. The second-order valence-corrected chi connectivity index (χ2v) is 10.6. The molecule has 1 saturated heterocycles. The first-order chi connectivity index (χ1) is 16.4. The van der Waals surface area contributed by atoms with E-state index < -0.39 is 0 Å². The Morgan fingerprint density at radius 3 is 2.18 bits per heavy atom. The second kappa shape index (κ2) is 13.8. The molecule has 190 valence electrons. The molecule has 6 heteroatoms. The predicted molar refractivity (Wildman–Crippen MR) is 140 cm³/mol. The fraction of sp³-hybridized carbons (Fsp3) is 0.714. The average Bonchev–Trinajstić information content (AvgIpc) is 2.80. The minimum Gasteiger partial charge on any atom is -0.351 e. The summed E-state index contributed by atoms with van der Waals surface area (Å²) in [5.41, 5.74) is 2.74. The normalized spacial score (nSPS) is 19.2. The lowest BCUT2D eigenvalue weighted by Gasteiger charge is -2.30. The Labute approximate surface area is 207 Å². The third kappa shape index (κ3) is 8.38. The summed E-state index contributed by atoms with van der Waals surface area (Å²) in [6.45, 7) is 13.6. The molecule has 1 aromatic rings. The molecule has 1 aromatic carbocycles. The van der Waals surface area contributed by atoms with Crippen LogP contribution < -0.4 is 10.2 Å². The molecule has 34 heavy (non-hydrogen) atoms. The summed E-state index contributed by atoms with van der Waals surface area (Å²) in [6.07, 6.45) is 9.69. The molecule has 2 amide bonds. The zero-order chi connectivity index (χ0) is 24.3. The zero-order valence-electron chi connectivity index (χ0n) is 21.8. The minimum atomic E-state index is -0.0179. The SMILES string of the molecule is CC(=O)N1CCCCCCCN(CC(C)C)Cc2cc(C(=O)NCCN3CCCCC3)ccc21. The smallest absolute Gasteiger partial charge is 0.251 e. The van der Waals surface area contributed by atoms with Crippen LogP contribution in [-0.2, 0) is 11.3 Å². The molecule has 6 nitrogen and oxygen atoms in total. The van der Waals surface area contributed by atoms with Crippen molar-refractivity contribution in [1.29, 1.82) is 0 Å². The van der Waals surface area contributed by atoms with Gasteiger partial charge in [0.05, 0.1) is 0 Å². The van der Waals surface area contributed by atoms with E-state index in [0.717, 1.165) is 69.9 Å². The van der Waals surface area contributed by atoms with Gasteiger partial charge in [-0.3, -0.25) is 14.5 Å². The van der Waals surface area contributed by atoms with E-state index in [2.05, 4.69) is 29.0 Å². The number of hydrogen-bond acceptors (Lipinski definition) is 4. The fourth-order valence-corrected chi connectivity index (χ4v) is 5.30. The number of carbonyl (C=O) groups excluding carboxylic acids is 2. The van der Waals surface area contributed by atoms with Crippen molar-refractivity contribution in [3.05, 3.63) is 29.3 Å². The molecule has 0 unspecified atom stereocenters. The Morgan fingerprint density at radius 1 is 0.882 bits per heavy atom. The number of hydrogen-bond donors (Lipinski definition) is 1. The van der Waals surface area contributed by atoms with Gasteiger partial charge in [0.2, 0.25) is 5.91 Å². The molecule has 0 saturated carbocycles. The molecule has 0 aromatic heterocycles. The maximum absolute atomic E-state index is 13.0. The molecule has 1 fully saturated rings. The van der Waals surface area contributed by atoms with E-state index in [1.54, 1.807) is 6.92 Å². The summed E-state index contributed by atoms with van der Waals surface area (Å²) < 4.78 is 0. The van der Waals surface area contributed by atoms with Crippen molar-refractivity contribution in [2.75, 3.05) is 50.7 Å². The maximum atomic E-state index is 13.0. The number of benzene rings is 1. The van der Waals surface area contributed by atoms with E-state index in [-0.39, 0.29) is 11.8 Å². The molecule has 2 heterocycles. The standard InChI is InChI=1S/C28H46N4O2/c1-23(2)21-31-17-8-5-4-6-11-18-32(24(3)33)27-13-12-25(20-26(27)22-31)28(34)29-14-19-30-15-9-7-10-16-30/h12-13,20,23H,4-11,14-19,21-22H2,1-3H3,(H,29,34). The highest BCUT2D eigenvalue weighted by Gasteiger charge is 2.20. The van der Waals surface area contributed by atoms with Crippen molar-refractivity contribution in [3.8, 4) is 0 Å². The fourth-order valence-electron chi connectivity index (χ4n) is 5.30. The summed E-state index contributed by atoms with van der Waals surface area (Å²) >= 11 is 0. The van der Waals surface area contributed by atoms with Gasteiger partial charge in [-0.1, -0.05) is 39.5 Å². The van der Waals surface area contributed by atoms with Crippen molar-refractivity contribution in [2.24, 2.45) is 5.92 Å². The van der Waals surface area contributed by atoms with E-state index in [9.17, 15) is 9.59 Å². The Bertz CT molecular complexity index is 789. The lowest BCUT2D eigenvalue weighted by molar-refractivity contribution is -0.116. The van der Waals surface area contributed by atoms with Gasteiger partial charge in [-0.15, -0.1) is 0 Å². The Kier molecular flexibility index (Phi) is 10.9. The number of amides is 2. The lowest BCUT2D eigenvalue weighted by atomic mass is 10.0. The van der Waals surface area contributed by atoms with E-state index in [4.69, 9.17) is 0 Å². The van der Waals surface area contributed by atoms with Gasteiger partial charge in [-0.2, -0.15) is 0 Å². The average molecular weight is 471 g/mol. The summed E-state index contributed by atoms with van der Waals surface area (Å²) in [5, 5.41) is 3.12. The molecular formula is C28H46N4O2. The largest absolute Gasteiger partial charge is 0.351 e. The number of piperidine rings is 1. The Balaban J connectivity index is 1.78. The summed E-state index contributed by atoms with van der Waals surface area (Å²) in [6, 6.07) is 5.92. The molecule has 0 aliphatic carbocycles. The molecule has 0 spiro atoms. The number of likely N-dealkylation sites (tertiary alicyclic amines) is 1. The van der Waals surface area contributed by atoms with Crippen molar-refractivity contribution in [1.82, 2.24) is 15.1 Å². The number of anilines is 1. The van der Waals surface area contributed by atoms with Crippen molar-refractivity contribution < 1.29 is 9.59 Å². The zero-order valence-corrected chi connectivity index (χ0v) is 21.8. The van der Waals surface area contributed by atoms with Gasteiger partial charge >= 0.3 is 0 Å². The number of rotatable bonds is 6. The third-order valence-corrected chi connectivity index (χ3v) is 7.05. The van der Waals surface area contributed by atoms with E-state index in [1.165, 1.54) is 38.5 Å². The van der Waals surface area contributed by atoms with Crippen LogP contribution in [0.15, 0.2) is 18.2 Å². The molecule has 3 rings (SSSR count). The molecule has 0 bridgehead atoms. The number of carbonyl (C=O) groups is 2. The van der Waals surface area contributed by atoms with E-state index in [0.29, 0.717) is 18.0 Å². The van der Waals surface area contributed by atoms with Gasteiger partial charge in [-0.25, -0.2) is 0 Å². The molecule has 0 atom stereocenters. The summed E-state index contributed by atoms with van der Waals surface area (Å²) in [4.78, 5) is 32.4. The van der Waals surface area contributed by atoms with Gasteiger partial charge in [-0.05, 0) is 75.0 Å². The van der Waals surface area contributed by atoms with Gasteiger partial charge in [0.15, 0.2) is 0 Å². The van der Waals surface area contributed by atoms with Crippen molar-refractivity contribution in [3.63, 3.8) is 0 Å². The second-order valence-electron chi connectivity index (χ2n) is 10.6. The van der Waals surface area contributed by atoms with Crippen LogP contribution in [0.2, 0.25) is 0 Å². The van der Waals surface area contributed by atoms with Crippen LogP contribution in [0.1, 0.15) is 88.1 Å². The molecule has 1 N–H and O–H groups in total. The first-order valence-corrected chi connectivity index (χ1v) is 13.6. The quantitative estimate of drug-likeness (QED) is 0.656. The Hall–Kier alpha value is -1.92. The van der Waals surface area contributed by atoms with Gasteiger partial charge < -0.3 is 15.1 Å². The predicted octanol–water partition coefficient (Wildman–Crippen LogP) is 4.68. The molecule has 2 aliphatic rings. The first-order valence-electron chi connectivity index (χ1n) is 13.6. The number of nitrogens with zero attached hydrogens (tertiary/aromatic N) is 3. The number of fused-ring (bicyclic) bond motifs is 1. The van der Waals surface area contributed by atoms with Crippen LogP contribution in [0.5, 0.6) is 0 Å². The van der Waals surface area contributed by atoms with Gasteiger partial charge in [0, 0.05) is 50.9 Å². The topological polar surface area (TPSA) is 55.9 Å². The highest BCUT2D eigenvalue weighted by Crippen LogP contribution is 2.26. The van der Waals surface area contributed by atoms with Crippen molar-refractivity contribution >= 4 is 17.5 Å². The highest BCUT2D eigenvalue weighted by molar-refractivity contribution is 5.97. The Morgan fingerprint density at radius 2 is 1.50 bits per heavy atom. The van der Waals surface area contributed by atoms with Crippen molar-refractivity contribution in [2.45, 2.75) is 78.7 Å². The van der Waals surface area contributed by atoms with Crippen LogP contribution >= 0.6 is 0 Å². The first kappa shape index (κ1) is 26.7. The van der Waals surface area contributed by atoms with Crippen LogP contribution in [0.4, 0.5) is 5.69 Å². The van der Waals surface area contributed by atoms with Crippen LogP contribution in [0, 0.1) is 5.92 Å².